The molecule has 1 atom stereocenters. The van der Waals surface area contributed by atoms with E-state index in [1.165, 1.54) is 0 Å². The number of halogens is 1. The summed E-state index contributed by atoms with van der Waals surface area (Å²) in [5, 5.41) is 10.7. The van der Waals surface area contributed by atoms with Gasteiger partial charge in [-0.15, -0.1) is 0 Å². The number of aromatic nitrogens is 1. The first kappa shape index (κ1) is 23.2. The van der Waals surface area contributed by atoms with Crippen LogP contribution >= 0.6 is 11.6 Å². The van der Waals surface area contributed by atoms with Gasteiger partial charge >= 0.3 is 5.97 Å². The van der Waals surface area contributed by atoms with Crippen molar-refractivity contribution < 1.29 is 19.0 Å². The van der Waals surface area contributed by atoms with Crippen LogP contribution in [0.15, 0.2) is 90.0 Å². The maximum absolute atomic E-state index is 12.9. The summed E-state index contributed by atoms with van der Waals surface area (Å²) in [4.78, 5) is 12.9. The standard InChI is InChI=1S/C27H23ClN2O4/c1-3-32-27(31)24-18(2)34-26(30-14-6-7-15-30)22(16-29)25(24)19-10-12-21(13-11-19)33-17-20-8-4-5-9-23(20)28/h4-15,25H,3,17H2,1-2H3/t25-/m1/s1. The molecule has 0 fully saturated rings. The van der Waals surface area contributed by atoms with E-state index in [0.29, 0.717) is 40.2 Å². The van der Waals surface area contributed by atoms with Gasteiger partial charge in [0.2, 0.25) is 5.88 Å². The topological polar surface area (TPSA) is 73.5 Å². The average molecular weight is 475 g/mol. The minimum atomic E-state index is -0.646. The molecule has 0 bridgehead atoms. The lowest BCUT2D eigenvalue weighted by molar-refractivity contribution is -0.139. The van der Waals surface area contributed by atoms with Crippen molar-refractivity contribution in [2.24, 2.45) is 0 Å². The highest BCUT2D eigenvalue weighted by molar-refractivity contribution is 6.31. The Labute approximate surface area is 203 Å². The Morgan fingerprint density at radius 1 is 1.12 bits per heavy atom. The van der Waals surface area contributed by atoms with Gasteiger partial charge in [0.05, 0.1) is 18.1 Å². The second kappa shape index (κ2) is 10.3. The predicted octanol–water partition coefficient (Wildman–Crippen LogP) is 6.06. The molecule has 0 saturated heterocycles. The molecule has 4 rings (SSSR count). The van der Waals surface area contributed by atoms with Gasteiger partial charge in [0.25, 0.3) is 0 Å². The van der Waals surface area contributed by atoms with Crippen molar-refractivity contribution in [3.8, 4) is 11.8 Å². The summed E-state index contributed by atoms with van der Waals surface area (Å²) in [5.41, 5.74) is 2.25. The van der Waals surface area contributed by atoms with Gasteiger partial charge in [-0.25, -0.2) is 4.79 Å². The number of hydrogen-bond acceptors (Lipinski definition) is 5. The van der Waals surface area contributed by atoms with Crippen molar-refractivity contribution in [2.45, 2.75) is 26.4 Å². The van der Waals surface area contributed by atoms with E-state index in [0.717, 1.165) is 11.1 Å². The SMILES string of the molecule is CCOC(=O)C1=C(C)OC(n2cccc2)=C(C#N)[C@H]1c1ccc(OCc2ccccc2Cl)cc1. The van der Waals surface area contributed by atoms with Crippen molar-refractivity contribution >= 4 is 23.5 Å². The fourth-order valence-corrected chi connectivity index (χ4v) is 4.03. The largest absolute Gasteiger partial charge is 0.489 e. The monoisotopic (exact) mass is 474 g/mol. The highest BCUT2D eigenvalue weighted by Gasteiger charge is 2.37. The summed E-state index contributed by atoms with van der Waals surface area (Å²) in [5.74, 6) is 0.241. The molecule has 0 spiro atoms. The number of benzene rings is 2. The minimum Gasteiger partial charge on any atom is -0.489 e. The minimum absolute atomic E-state index is 0.215. The van der Waals surface area contributed by atoms with Crippen LogP contribution in [0.5, 0.6) is 5.75 Å². The van der Waals surface area contributed by atoms with E-state index < -0.39 is 11.9 Å². The zero-order chi connectivity index (χ0) is 24.1. The third kappa shape index (κ3) is 4.70. The molecule has 1 aliphatic heterocycles. The molecular weight excluding hydrogens is 452 g/mol. The van der Waals surface area contributed by atoms with Crippen LogP contribution in [0.25, 0.3) is 5.88 Å². The number of nitrogens with zero attached hydrogens (tertiary/aromatic N) is 2. The lowest BCUT2D eigenvalue weighted by atomic mass is 9.83. The molecule has 1 aromatic heterocycles. The van der Waals surface area contributed by atoms with Crippen LogP contribution in [-0.2, 0) is 20.9 Å². The molecule has 0 N–H and O–H groups in total. The van der Waals surface area contributed by atoms with E-state index in [-0.39, 0.29) is 6.61 Å². The zero-order valence-corrected chi connectivity index (χ0v) is 19.6. The van der Waals surface area contributed by atoms with Gasteiger partial charge in [-0.3, -0.25) is 4.57 Å². The van der Waals surface area contributed by atoms with Crippen LogP contribution in [0.1, 0.15) is 30.9 Å². The summed E-state index contributed by atoms with van der Waals surface area (Å²) in [6.07, 6.45) is 3.58. The highest BCUT2D eigenvalue weighted by Crippen LogP contribution is 2.42. The lowest BCUT2D eigenvalue weighted by Crippen LogP contribution is -2.24. The van der Waals surface area contributed by atoms with Crippen LogP contribution in [0, 0.1) is 11.3 Å². The van der Waals surface area contributed by atoms with Crippen LogP contribution in [0.4, 0.5) is 0 Å². The van der Waals surface area contributed by atoms with Crippen LogP contribution in [-0.4, -0.2) is 17.1 Å². The van der Waals surface area contributed by atoms with Gasteiger partial charge in [0.15, 0.2) is 0 Å². The molecule has 2 heterocycles. The Morgan fingerprint density at radius 2 is 1.82 bits per heavy atom. The summed E-state index contributed by atoms with van der Waals surface area (Å²) in [6, 6.07) is 20.7. The van der Waals surface area contributed by atoms with Crippen LogP contribution < -0.4 is 4.74 Å². The first-order valence-corrected chi connectivity index (χ1v) is 11.2. The van der Waals surface area contributed by atoms with E-state index in [1.54, 1.807) is 30.8 Å². The summed E-state index contributed by atoms with van der Waals surface area (Å²) in [7, 11) is 0. The number of hydrogen-bond donors (Lipinski definition) is 0. The number of allylic oxidation sites excluding steroid dienone is 2. The van der Waals surface area contributed by atoms with E-state index in [4.69, 9.17) is 25.8 Å². The van der Waals surface area contributed by atoms with Gasteiger partial charge in [-0.1, -0.05) is 41.9 Å². The average Bonchev–Trinajstić information content (AvgIpc) is 3.38. The lowest BCUT2D eigenvalue weighted by Gasteiger charge is -2.28. The zero-order valence-electron chi connectivity index (χ0n) is 18.8. The number of esters is 1. The maximum Gasteiger partial charge on any atom is 0.338 e. The Bertz CT molecular complexity index is 1280. The third-order valence-corrected chi connectivity index (χ3v) is 5.83. The smallest absolute Gasteiger partial charge is 0.338 e. The first-order chi connectivity index (χ1) is 16.5. The second-order valence-electron chi connectivity index (χ2n) is 7.60. The van der Waals surface area contributed by atoms with Gasteiger partial charge in [0, 0.05) is 23.0 Å². The van der Waals surface area contributed by atoms with Crippen molar-refractivity contribution in [3.05, 3.63) is 106 Å². The molecule has 0 unspecified atom stereocenters. The van der Waals surface area contributed by atoms with Crippen LogP contribution in [0.2, 0.25) is 5.02 Å². The Hall–Kier alpha value is -3.95. The summed E-state index contributed by atoms with van der Waals surface area (Å²) >= 11 is 6.21. The van der Waals surface area contributed by atoms with E-state index in [2.05, 4.69) is 6.07 Å². The molecule has 172 valence electrons. The van der Waals surface area contributed by atoms with Crippen LogP contribution in [0.3, 0.4) is 0 Å². The Morgan fingerprint density at radius 3 is 2.47 bits per heavy atom. The molecular formula is C27H23ClN2O4. The molecule has 0 radical (unpaired) electrons. The van der Waals surface area contributed by atoms with Crippen molar-refractivity contribution in [2.75, 3.05) is 6.61 Å². The number of ether oxygens (including phenoxy) is 3. The van der Waals surface area contributed by atoms with Gasteiger partial charge in [0.1, 0.15) is 29.8 Å². The number of carbonyl (C=O) groups is 1. The highest BCUT2D eigenvalue weighted by atomic mass is 35.5. The number of carbonyl (C=O) groups excluding carboxylic acids is 1. The molecule has 6 nitrogen and oxygen atoms in total. The first-order valence-electron chi connectivity index (χ1n) is 10.8. The molecule has 7 heteroatoms. The van der Waals surface area contributed by atoms with Gasteiger partial charge in [-0.2, -0.15) is 5.26 Å². The van der Waals surface area contributed by atoms with Crippen molar-refractivity contribution in [1.29, 1.82) is 5.26 Å². The summed E-state index contributed by atoms with van der Waals surface area (Å²) < 4.78 is 18.9. The molecule has 0 amide bonds. The van der Waals surface area contributed by atoms with Gasteiger partial charge in [-0.05, 0) is 49.7 Å². The molecule has 0 saturated carbocycles. The molecule has 0 aliphatic carbocycles. The quantitative estimate of drug-likeness (QED) is 0.389. The number of nitriles is 1. The Balaban J connectivity index is 1.69. The third-order valence-electron chi connectivity index (χ3n) is 5.46. The van der Waals surface area contributed by atoms with E-state index in [9.17, 15) is 10.1 Å². The Kier molecular flexibility index (Phi) is 7.05. The number of rotatable bonds is 7. The molecule has 1 aliphatic rings. The molecule has 34 heavy (non-hydrogen) atoms. The second-order valence-corrected chi connectivity index (χ2v) is 8.00. The van der Waals surface area contributed by atoms with E-state index in [1.807, 2.05) is 60.7 Å². The van der Waals surface area contributed by atoms with E-state index >= 15 is 0 Å². The maximum atomic E-state index is 12.9. The fraction of sp³-hybridized carbons (Fsp3) is 0.185. The fourth-order valence-electron chi connectivity index (χ4n) is 3.84. The normalized spacial score (nSPS) is 15.5. The van der Waals surface area contributed by atoms with Gasteiger partial charge < -0.3 is 14.2 Å². The van der Waals surface area contributed by atoms with Crippen molar-refractivity contribution in [3.63, 3.8) is 0 Å². The molecule has 2 aromatic carbocycles. The summed E-state index contributed by atoms with van der Waals surface area (Å²) in [6.45, 7) is 3.99. The molecule has 3 aromatic rings. The predicted molar refractivity (Wildman–Crippen MR) is 129 cm³/mol. The van der Waals surface area contributed by atoms with Crippen molar-refractivity contribution in [1.82, 2.24) is 4.57 Å².